The number of rotatable bonds is 2. The van der Waals surface area contributed by atoms with E-state index in [1.54, 1.807) is 17.0 Å². The number of imidazole rings is 1. The average molecular weight is 277 g/mol. The summed E-state index contributed by atoms with van der Waals surface area (Å²) in [5.74, 6) is -0.234. The van der Waals surface area contributed by atoms with E-state index in [2.05, 4.69) is 15.0 Å². The Bertz CT molecular complexity index is 753. The summed E-state index contributed by atoms with van der Waals surface area (Å²) in [6.45, 7) is 1.91. The van der Waals surface area contributed by atoms with Gasteiger partial charge in [0.2, 0.25) is 5.28 Å². The van der Waals surface area contributed by atoms with Gasteiger partial charge in [-0.15, -0.1) is 0 Å². The summed E-state index contributed by atoms with van der Waals surface area (Å²) in [7, 11) is 0. The van der Waals surface area contributed by atoms with Gasteiger partial charge in [-0.05, 0) is 35.7 Å². The fraction of sp³-hybridized carbons (Fsp3) is 0.154. The van der Waals surface area contributed by atoms with E-state index < -0.39 is 0 Å². The number of nitrogens with zero attached hydrogens (tertiary/aromatic N) is 4. The predicted molar refractivity (Wildman–Crippen MR) is 71.0 cm³/mol. The zero-order chi connectivity index (χ0) is 13.4. The van der Waals surface area contributed by atoms with Crippen molar-refractivity contribution in [2.75, 3.05) is 0 Å². The number of hydrogen-bond donors (Lipinski definition) is 0. The van der Waals surface area contributed by atoms with E-state index in [9.17, 15) is 4.39 Å². The van der Waals surface area contributed by atoms with Crippen molar-refractivity contribution in [3.05, 3.63) is 47.4 Å². The van der Waals surface area contributed by atoms with Crippen molar-refractivity contribution in [3.8, 4) is 5.69 Å². The lowest BCUT2D eigenvalue weighted by Crippen LogP contribution is -1.97. The van der Waals surface area contributed by atoms with Gasteiger partial charge in [0, 0.05) is 0 Å². The van der Waals surface area contributed by atoms with Crippen molar-refractivity contribution >= 4 is 22.8 Å². The summed E-state index contributed by atoms with van der Waals surface area (Å²) >= 11 is 5.78. The molecule has 0 aliphatic rings. The summed E-state index contributed by atoms with van der Waals surface area (Å²) < 4.78 is 15.5. The van der Waals surface area contributed by atoms with Gasteiger partial charge >= 0.3 is 0 Å². The van der Waals surface area contributed by atoms with E-state index in [1.807, 2.05) is 13.0 Å². The number of aryl methyl sites for hydroxylation is 1. The highest BCUT2D eigenvalue weighted by Gasteiger charge is 2.09. The molecule has 2 heterocycles. The van der Waals surface area contributed by atoms with Gasteiger partial charge in [0.15, 0.2) is 5.65 Å². The molecular formula is C13H10ClFN4. The predicted octanol–water partition coefficient (Wildman–Crippen LogP) is 3.17. The number of fused-ring (bicyclic) bond motifs is 1. The van der Waals surface area contributed by atoms with E-state index in [4.69, 9.17) is 11.6 Å². The molecule has 0 amide bonds. The van der Waals surface area contributed by atoms with E-state index in [-0.39, 0.29) is 11.1 Å². The first-order chi connectivity index (χ1) is 9.19. The minimum atomic E-state index is -0.234. The third-order valence-corrected chi connectivity index (χ3v) is 3.14. The normalized spacial score (nSPS) is 11.1. The molecule has 3 aromatic rings. The monoisotopic (exact) mass is 276 g/mol. The molecule has 0 aliphatic heterocycles. The molecule has 0 spiro atoms. The number of halogens is 2. The van der Waals surface area contributed by atoms with Crippen LogP contribution in [0.1, 0.15) is 12.5 Å². The SMILES string of the molecule is CCc1ccc(-n2cnc3cnc(Cl)nc32)cc1F. The maximum atomic E-state index is 13.8. The Hall–Kier alpha value is -2.01. The van der Waals surface area contributed by atoms with Crippen molar-refractivity contribution in [2.45, 2.75) is 13.3 Å². The van der Waals surface area contributed by atoms with Crippen LogP contribution in [0.3, 0.4) is 0 Å². The Kier molecular flexibility index (Phi) is 2.91. The minimum absolute atomic E-state index is 0.139. The lowest BCUT2D eigenvalue weighted by atomic mass is 10.1. The van der Waals surface area contributed by atoms with Crippen LogP contribution < -0.4 is 0 Å². The van der Waals surface area contributed by atoms with Crippen molar-refractivity contribution in [2.24, 2.45) is 0 Å². The fourth-order valence-electron chi connectivity index (χ4n) is 1.95. The highest BCUT2D eigenvalue weighted by Crippen LogP contribution is 2.19. The molecule has 0 unspecified atom stereocenters. The molecule has 0 radical (unpaired) electrons. The topological polar surface area (TPSA) is 43.6 Å². The molecule has 96 valence electrons. The highest BCUT2D eigenvalue weighted by atomic mass is 35.5. The quantitative estimate of drug-likeness (QED) is 0.675. The van der Waals surface area contributed by atoms with Crippen molar-refractivity contribution < 1.29 is 4.39 Å². The van der Waals surface area contributed by atoms with Crippen LogP contribution >= 0.6 is 11.6 Å². The summed E-state index contributed by atoms with van der Waals surface area (Å²) in [5.41, 5.74) is 2.51. The van der Waals surface area contributed by atoms with Crippen LogP contribution in [0.4, 0.5) is 4.39 Å². The lowest BCUT2D eigenvalue weighted by Gasteiger charge is -2.06. The molecule has 0 N–H and O–H groups in total. The molecule has 0 atom stereocenters. The van der Waals surface area contributed by atoms with Crippen LogP contribution in [-0.2, 0) is 6.42 Å². The lowest BCUT2D eigenvalue weighted by molar-refractivity contribution is 0.611. The molecule has 4 nitrogen and oxygen atoms in total. The van der Waals surface area contributed by atoms with Gasteiger partial charge in [-0.1, -0.05) is 13.0 Å². The van der Waals surface area contributed by atoms with Crippen molar-refractivity contribution in [1.29, 1.82) is 0 Å². The maximum absolute atomic E-state index is 13.8. The molecular weight excluding hydrogens is 267 g/mol. The summed E-state index contributed by atoms with van der Waals surface area (Å²) in [6.07, 6.45) is 3.78. The summed E-state index contributed by atoms with van der Waals surface area (Å²) in [4.78, 5) is 12.1. The second-order valence-electron chi connectivity index (χ2n) is 4.09. The summed E-state index contributed by atoms with van der Waals surface area (Å²) in [6, 6.07) is 5.06. The van der Waals surface area contributed by atoms with E-state index in [1.165, 1.54) is 12.3 Å². The van der Waals surface area contributed by atoms with Crippen molar-refractivity contribution in [1.82, 2.24) is 19.5 Å². The largest absolute Gasteiger partial charge is 0.283 e. The Morgan fingerprint density at radius 1 is 1.32 bits per heavy atom. The van der Waals surface area contributed by atoms with E-state index in [0.717, 1.165) is 0 Å². The Morgan fingerprint density at radius 2 is 2.16 bits per heavy atom. The number of aromatic nitrogens is 4. The van der Waals surface area contributed by atoms with Gasteiger partial charge in [-0.25, -0.2) is 14.4 Å². The molecule has 3 rings (SSSR count). The van der Waals surface area contributed by atoms with Gasteiger partial charge in [0.1, 0.15) is 17.7 Å². The highest BCUT2D eigenvalue weighted by molar-refractivity contribution is 6.28. The van der Waals surface area contributed by atoms with Crippen LogP contribution in [0.5, 0.6) is 0 Å². The van der Waals surface area contributed by atoms with E-state index in [0.29, 0.717) is 28.8 Å². The second-order valence-corrected chi connectivity index (χ2v) is 4.43. The molecule has 0 saturated heterocycles. The molecule has 0 bridgehead atoms. The molecule has 0 saturated carbocycles. The Labute approximate surface area is 113 Å². The second kappa shape index (κ2) is 4.59. The summed E-state index contributed by atoms with van der Waals surface area (Å²) in [5, 5.41) is 0.139. The smallest absolute Gasteiger partial charge is 0.224 e. The van der Waals surface area contributed by atoms with Gasteiger partial charge in [-0.2, -0.15) is 4.98 Å². The minimum Gasteiger partial charge on any atom is -0.283 e. The zero-order valence-corrected chi connectivity index (χ0v) is 10.9. The van der Waals surface area contributed by atoms with Crippen LogP contribution in [0.15, 0.2) is 30.7 Å². The third-order valence-electron chi connectivity index (χ3n) is 2.96. The Balaban J connectivity index is 2.18. The van der Waals surface area contributed by atoms with Crippen LogP contribution in [-0.4, -0.2) is 19.5 Å². The fourth-order valence-corrected chi connectivity index (χ4v) is 2.08. The van der Waals surface area contributed by atoms with Gasteiger partial charge in [0.25, 0.3) is 0 Å². The zero-order valence-electron chi connectivity index (χ0n) is 10.1. The first-order valence-electron chi connectivity index (χ1n) is 5.83. The van der Waals surface area contributed by atoms with Crippen LogP contribution in [0.25, 0.3) is 16.9 Å². The molecule has 6 heteroatoms. The Morgan fingerprint density at radius 3 is 2.89 bits per heavy atom. The standard InChI is InChI=1S/C13H10ClFN4/c1-2-8-3-4-9(5-10(8)15)19-7-17-11-6-16-13(14)18-12(11)19/h3-7H,2H2,1H3. The van der Waals surface area contributed by atoms with Crippen LogP contribution in [0.2, 0.25) is 5.28 Å². The van der Waals surface area contributed by atoms with Crippen LogP contribution in [0, 0.1) is 5.82 Å². The third kappa shape index (κ3) is 2.06. The van der Waals surface area contributed by atoms with Gasteiger partial charge in [-0.3, -0.25) is 4.57 Å². The molecule has 2 aromatic heterocycles. The number of hydrogen-bond acceptors (Lipinski definition) is 3. The maximum Gasteiger partial charge on any atom is 0.224 e. The molecule has 19 heavy (non-hydrogen) atoms. The average Bonchev–Trinajstić information content (AvgIpc) is 2.81. The molecule has 1 aromatic carbocycles. The van der Waals surface area contributed by atoms with E-state index >= 15 is 0 Å². The first-order valence-corrected chi connectivity index (χ1v) is 6.21. The van der Waals surface area contributed by atoms with Gasteiger partial charge < -0.3 is 0 Å². The van der Waals surface area contributed by atoms with Gasteiger partial charge in [0.05, 0.1) is 11.9 Å². The molecule has 0 fully saturated rings. The first kappa shape index (κ1) is 12.0. The van der Waals surface area contributed by atoms with Crippen molar-refractivity contribution in [3.63, 3.8) is 0 Å². The molecule has 0 aliphatic carbocycles. The number of benzene rings is 1.